The van der Waals surface area contributed by atoms with Gasteiger partial charge >= 0.3 is 29.6 Å². The summed E-state index contributed by atoms with van der Waals surface area (Å²) in [6.07, 6.45) is 2.28. The van der Waals surface area contributed by atoms with Gasteiger partial charge in [-0.15, -0.1) is 11.3 Å². The van der Waals surface area contributed by atoms with Gasteiger partial charge < -0.3 is 20.0 Å². The van der Waals surface area contributed by atoms with E-state index < -0.39 is 21.4 Å². The summed E-state index contributed by atoms with van der Waals surface area (Å²) in [5, 5.41) is 15.9. The molecule has 1 heterocycles. The predicted octanol–water partition coefficient (Wildman–Crippen LogP) is 1.16. The molecule has 184 valence electrons. The van der Waals surface area contributed by atoms with Gasteiger partial charge in [0.05, 0.1) is 11.7 Å². The van der Waals surface area contributed by atoms with Crippen LogP contribution in [0.15, 0.2) is 46.7 Å². The van der Waals surface area contributed by atoms with Crippen molar-refractivity contribution >= 4 is 48.8 Å². The first kappa shape index (κ1) is 30.1. The van der Waals surface area contributed by atoms with Crippen molar-refractivity contribution in [3.05, 3.63) is 58.6 Å². The summed E-state index contributed by atoms with van der Waals surface area (Å²) in [6, 6.07) is 12.8. The molecule has 1 N–H and O–H groups in total. The fraction of sp³-hybridized carbons (Fsp3) is 0.400. The van der Waals surface area contributed by atoms with Crippen LogP contribution in [-0.4, -0.2) is 38.8 Å². The third-order valence-corrected chi connectivity index (χ3v) is 9.52. The summed E-state index contributed by atoms with van der Waals surface area (Å²) in [4.78, 5) is 11.1. The predicted molar refractivity (Wildman–Crippen MR) is 136 cm³/mol. The molecular formula is C25H29ClNNaO5S2. The smallest absolute Gasteiger partial charge is 0.546 e. The van der Waals surface area contributed by atoms with Crippen LogP contribution in [0.5, 0.6) is 5.75 Å². The Hall–Kier alpha value is -1.13. The van der Waals surface area contributed by atoms with E-state index in [9.17, 15) is 18.3 Å². The largest absolute Gasteiger partial charge is 1.00 e. The fourth-order valence-corrected chi connectivity index (χ4v) is 6.96. The van der Waals surface area contributed by atoms with Crippen molar-refractivity contribution in [2.24, 2.45) is 0 Å². The van der Waals surface area contributed by atoms with Crippen LogP contribution in [0.3, 0.4) is 0 Å². The molecule has 10 heteroatoms. The minimum atomic E-state index is -3.34. The van der Waals surface area contributed by atoms with E-state index >= 15 is 0 Å². The number of carbonyl (C=O) groups excluding carboxylic acids is 1. The van der Waals surface area contributed by atoms with Gasteiger partial charge in [-0.1, -0.05) is 23.7 Å². The van der Waals surface area contributed by atoms with Crippen molar-refractivity contribution in [1.82, 2.24) is 5.32 Å². The van der Waals surface area contributed by atoms with Crippen LogP contribution in [0, 0.1) is 6.92 Å². The maximum absolute atomic E-state index is 12.8. The maximum atomic E-state index is 12.8. The van der Waals surface area contributed by atoms with E-state index in [2.05, 4.69) is 5.32 Å². The van der Waals surface area contributed by atoms with Crippen LogP contribution in [0.1, 0.15) is 37.8 Å². The first-order valence-corrected chi connectivity index (χ1v) is 14.0. The molecule has 0 aliphatic rings. The Morgan fingerprint density at radius 3 is 2.43 bits per heavy atom. The zero-order valence-electron chi connectivity index (χ0n) is 20.5. The standard InChI is InChI=1S/C25H30ClNO5S2.Na/c1-17-21-16-19(26)9-12-22(21)33-23(17)34(30,31)15-5-14-27-13-4-6-18-7-10-20(11-8-18)32-25(2,3)24(28)29;/h7-12,16,27H,4-6,13-15H2,1-3H3,(H,28,29);/q;+1/p-1. The van der Waals surface area contributed by atoms with Crippen LogP contribution < -0.4 is 44.7 Å². The molecule has 35 heavy (non-hydrogen) atoms. The molecule has 0 unspecified atom stereocenters. The summed E-state index contributed by atoms with van der Waals surface area (Å²) in [5.74, 6) is -0.681. The zero-order chi connectivity index (χ0) is 24.9. The monoisotopic (exact) mass is 545 g/mol. The van der Waals surface area contributed by atoms with Crippen molar-refractivity contribution in [1.29, 1.82) is 0 Å². The van der Waals surface area contributed by atoms with E-state index in [1.54, 1.807) is 18.2 Å². The number of thiophene rings is 1. The normalized spacial score (nSPS) is 11.9. The molecule has 0 saturated heterocycles. The summed E-state index contributed by atoms with van der Waals surface area (Å²) >= 11 is 7.36. The van der Waals surface area contributed by atoms with Crippen LogP contribution in [0.4, 0.5) is 0 Å². The molecule has 3 aromatic rings. The molecule has 0 aliphatic heterocycles. The third kappa shape index (κ3) is 8.18. The molecule has 0 bridgehead atoms. The second kappa shape index (κ2) is 12.9. The summed E-state index contributed by atoms with van der Waals surface area (Å²) < 4.78 is 32.5. The van der Waals surface area contributed by atoms with Crippen molar-refractivity contribution in [3.8, 4) is 5.75 Å². The average Bonchev–Trinajstić information content (AvgIpc) is 3.10. The van der Waals surface area contributed by atoms with Crippen molar-refractivity contribution in [3.63, 3.8) is 0 Å². The molecule has 0 spiro atoms. The summed E-state index contributed by atoms with van der Waals surface area (Å²) in [5.41, 5.74) is 0.501. The fourth-order valence-electron chi connectivity index (χ4n) is 3.55. The number of carboxylic acids is 1. The van der Waals surface area contributed by atoms with Crippen LogP contribution in [0.25, 0.3) is 10.1 Å². The molecule has 1 aromatic heterocycles. The van der Waals surface area contributed by atoms with E-state index in [0.29, 0.717) is 27.9 Å². The summed E-state index contributed by atoms with van der Waals surface area (Å²) in [7, 11) is -3.34. The first-order chi connectivity index (χ1) is 16.0. The minimum absolute atomic E-state index is 0. The SMILES string of the molecule is Cc1c(S(=O)(=O)CCCNCCCc2ccc(OC(C)(C)C(=O)[O-])cc2)sc2ccc(Cl)cc12.[Na+]. The van der Waals surface area contributed by atoms with E-state index in [4.69, 9.17) is 16.3 Å². The minimum Gasteiger partial charge on any atom is -0.546 e. The number of carbonyl (C=O) groups is 1. The molecule has 0 fully saturated rings. The van der Waals surface area contributed by atoms with Gasteiger partial charge in [0.1, 0.15) is 15.6 Å². The number of fused-ring (bicyclic) bond motifs is 1. The van der Waals surface area contributed by atoms with E-state index in [1.165, 1.54) is 25.2 Å². The first-order valence-electron chi connectivity index (χ1n) is 11.1. The van der Waals surface area contributed by atoms with Crippen LogP contribution in [0.2, 0.25) is 5.02 Å². The van der Waals surface area contributed by atoms with Gasteiger partial charge in [0.15, 0.2) is 9.84 Å². The second-order valence-corrected chi connectivity index (χ2v) is 12.5. The van der Waals surface area contributed by atoms with Crippen molar-refractivity contribution in [2.75, 3.05) is 18.8 Å². The Labute approximate surface area is 238 Å². The van der Waals surface area contributed by atoms with Gasteiger partial charge in [0, 0.05) is 9.72 Å². The number of sulfone groups is 1. The number of benzene rings is 2. The van der Waals surface area contributed by atoms with Gasteiger partial charge in [-0.3, -0.25) is 0 Å². The van der Waals surface area contributed by atoms with Gasteiger partial charge in [0.25, 0.3) is 0 Å². The third-order valence-electron chi connectivity index (χ3n) is 5.51. The number of ether oxygens (including phenoxy) is 1. The van der Waals surface area contributed by atoms with Gasteiger partial charge in [0.2, 0.25) is 0 Å². The van der Waals surface area contributed by atoms with E-state index in [1.807, 2.05) is 31.2 Å². The number of rotatable bonds is 12. The molecule has 0 aliphatic carbocycles. The number of aryl methyl sites for hydroxylation is 2. The Morgan fingerprint density at radius 1 is 1.11 bits per heavy atom. The van der Waals surface area contributed by atoms with Crippen LogP contribution >= 0.6 is 22.9 Å². The van der Waals surface area contributed by atoms with E-state index in [0.717, 1.165) is 40.6 Å². The number of halogens is 1. The Morgan fingerprint density at radius 2 is 1.77 bits per heavy atom. The quantitative estimate of drug-likeness (QED) is 0.271. The Balaban J connectivity index is 0.00000432. The topological polar surface area (TPSA) is 95.5 Å². The second-order valence-electron chi connectivity index (χ2n) is 8.72. The zero-order valence-corrected chi connectivity index (χ0v) is 24.9. The van der Waals surface area contributed by atoms with Gasteiger partial charge in [-0.05, 0) is 100.0 Å². The molecule has 6 nitrogen and oxygen atoms in total. The average molecular weight is 546 g/mol. The number of hydrogen-bond donors (Lipinski definition) is 1. The molecule has 0 radical (unpaired) electrons. The molecule has 0 atom stereocenters. The summed E-state index contributed by atoms with van der Waals surface area (Å²) in [6.45, 7) is 6.14. The van der Waals surface area contributed by atoms with Crippen LogP contribution in [-0.2, 0) is 21.1 Å². The number of hydrogen-bond acceptors (Lipinski definition) is 7. The Bertz CT molecular complexity index is 1260. The number of aliphatic carboxylic acids is 1. The van der Waals surface area contributed by atoms with Crippen molar-refractivity contribution in [2.45, 2.75) is 49.8 Å². The Kier molecular flexibility index (Phi) is 11.1. The number of nitrogens with one attached hydrogen (secondary N) is 1. The number of carboxylic acid groups (broad SMARTS) is 1. The van der Waals surface area contributed by atoms with Crippen molar-refractivity contribution < 1.29 is 52.6 Å². The molecule has 2 aromatic carbocycles. The molecule has 0 amide bonds. The maximum Gasteiger partial charge on any atom is 1.00 e. The van der Waals surface area contributed by atoms with E-state index in [-0.39, 0.29) is 35.3 Å². The molecule has 3 rings (SSSR count). The van der Waals surface area contributed by atoms with Gasteiger partial charge in [-0.25, -0.2) is 8.42 Å². The molecular weight excluding hydrogens is 517 g/mol. The van der Waals surface area contributed by atoms with Gasteiger partial charge in [-0.2, -0.15) is 0 Å². The molecule has 0 saturated carbocycles.